The van der Waals surface area contributed by atoms with Crippen LogP contribution in [0, 0.1) is 5.92 Å². The van der Waals surface area contributed by atoms with E-state index in [0.717, 1.165) is 38.1 Å². The molecule has 0 bridgehead atoms. The second kappa shape index (κ2) is 9.56. The molecule has 1 heterocycles. The summed E-state index contributed by atoms with van der Waals surface area (Å²) < 4.78 is 6.02. The maximum atomic E-state index is 11.0. The first-order valence-corrected chi connectivity index (χ1v) is 9.84. The van der Waals surface area contributed by atoms with Crippen molar-refractivity contribution in [2.45, 2.75) is 38.6 Å². The van der Waals surface area contributed by atoms with Crippen molar-refractivity contribution in [1.29, 1.82) is 0 Å². The van der Waals surface area contributed by atoms with E-state index in [1.807, 2.05) is 18.2 Å². The Morgan fingerprint density at radius 3 is 2.56 bits per heavy atom. The average molecular weight is 367 g/mol. The molecule has 0 aliphatic carbocycles. The lowest BCUT2D eigenvalue weighted by Crippen LogP contribution is -2.36. The molecule has 1 fully saturated rings. The maximum Gasteiger partial charge on any atom is 0.306 e. The summed E-state index contributed by atoms with van der Waals surface area (Å²) in [5.74, 6) is -0.0977. The first-order valence-electron chi connectivity index (χ1n) is 9.84. The number of carboxylic acids is 1. The number of nitrogens with zero attached hydrogens (tertiary/aromatic N) is 1. The minimum atomic E-state index is -0.711. The van der Waals surface area contributed by atoms with Gasteiger partial charge in [-0.05, 0) is 62.0 Å². The summed E-state index contributed by atoms with van der Waals surface area (Å²) >= 11 is 0. The van der Waals surface area contributed by atoms with Crippen LogP contribution < -0.4 is 4.74 Å². The highest BCUT2D eigenvalue weighted by atomic mass is 16.5. The molecule has 0 amide bonds. The van der Waals surface area contributed by atoms with Crippen LogP contribution in [0.2, 0.25) is 0 Å². The van der Waals surface area contributed by atoms with Gasteiger partial charge >= 0.3 is 5.97 Å². The van der Waals surface area contributed by atoms with Crippen molar-refractivity contribution in [3.63, 3.8) is 0 Å². The highest BCUT2D eigenvalue weighted by Crippen LogP contribution is 2.21. The molecule has 0 aromatic heterocycles. The predicted octanol–water partition coefficient (Wildman–Crippen LogP) is 4.23. The third kappa shape index (κ3) is 5.83. The van der Waals surface area contributed by atoms with Crippen molar-refractivity contribution >= 4 is 5.97 Å². The lowest BCUT2D eigenvalue weighted by Gasteiger charge is -2.25. The molecule has 1 N–H and O–H groups in total. The zero-order valence-corrected chi connectivity index (χ0v) is 16.0. The highest BCUT2D eigenvalue weighted by molar-refractivity contribution is 5.69. The lowest BCUT2D eigenvalue weighted by molar-refractivity contribution is -0.141. The van der Waals surface area contributed by atoms with Crippen LogP contribution in [0.1, 0.15) is 37.3 Å². The van der Waals surface area contributed by atoms with Crippen LogP contribution in [0.25, 0.3) is 0 Å². The molecular formula is C23H29NO3. The number of benzene rings is 2. The standard InChI is InChI=1S/C23H29NO3/c1-18(23(25)26)13-15-24-14-5-8-21(24)17-27-22-11-9-20(10-12-22)16-19-6-3-2-4-7-19/h2-4,6-7,9-12,18,21H,5,8,13-17H2,1H3,(H,25,26). The van der Waals surface area contributed by atoms with Gasteiger partial charge in [0, 0.05) is 6.04 Å². The predicted molar refractivity (Wildman–Crippen MR) is 107 cm³/mol. The third-order valence-corrected chi connectivity index (χ3v) is 5.39. The van der Waals surface area contributed by atoms with E-state index in [1.165, 1.54) is 11.1 Å². The largest absolute Gasteiger partial charge is 0.492 e. The summed E-state index contributed by atoms with van der Waals surface area (Å²) in [4.78, 5) is 13.4. The topological polar surface area (TPSA) is 49.8 Å². The van der Waals surface area contributed by atoms with Crippen LogP contribution in [0.3, 0.4) is 0 Å². The number of hydrogen-bond donors (Lipinski definition) is 1. The molecule has 27 heavy (non-hydrogen) atoms. The number of rotatable bonds is 9. The average Bonchev–Trinajstić information content (AvgIpc) is 3.13. The summed E-state index contributed by atoms with van der Waals surface area (Å²) in [6.45, 7) is 4.31. The molecule has 4 heteroatoms. The van der Waals surface area contributed by atoms with Crippen molar-refractivity contribution in [2.75, 3.05) is 19.7 Å². The Morgan fingerprint density at radius 1 is 1.15 bits per heavy atom. The summed E-state index contributed by atoms with van der Waals surface area (Å²) in [7, 11) is 0. The zero-order chi connectivity index (χ0) is 19.1. The van der Waals surface area contributed by atoms with Gasteiger partial charge in [-0.15, -0.1) is 0 Å². The molecule has 1 saturated heterocycles. The number of ether oxygens (including phenoxy) is 1. The van der Waals surface area contributed by atoms with Crippen molar-refractivity contribution in [2.24, 2.45) is 5.92 Å². The summed E-state index contributed by atoms with van der Waals surface area (Å²) in [5, 5.41) is 9.05. The molecule has 4 nitrogen and oxygen atoms in total. The number of likely N-dealkylation sites (tertiary alicyclic amines) is 1. The van der Waals surface area contributed by atoms with Gasteiger partial charge in [-0.3, -0.25) is 9.69 Å². The molecule has 2 aromatic rings. The Morgan fingerprint density at radius 2 is 1.85 bits per heavy atom. The van der Waals surface area contributed by atoms with Gasteiger partial charge in [0.1, 0.15) is 12.4 Å². The summed E-state index contributed by atoms with van der Waals surface area (Å²) in [5.41, 5.74) is 2.59. The fourth-order valence-electron chi connectivity index (χ4n) is 3.59. The fourth-order valence-corrected chi connectivity index (χ4v) is 3.59. The van der Waals surface area contributed by atoms with Gasteiger partial charge in [0.2, 0.25) is 0 Å². The molecule has 144 valence electrons. The Balaban J connectivity index is 1.47. The molecule has 3 rings (SSSR count). The summed E-state index contributed by atoms with van der Waals surface area (Å²) in [6.07, 6.45) is 3.90. The monoisotopic (exact) mass is 367 g/mol. The molecule has 1 aliphatic rings. The van der Waals surface area contributed by atoms with Crippen molar-refractivity contribution in [1.82, 2.24) is 4.90 Å². The summed E-state index contributed by atoms with van der Waals surface area (Å²) in [6, 6.07) is 19.2. The molecule has 0 spiro atoms. The smallest absolute Gasteiger partial charge is 0.306 e. The fraction of sp³-hybridized carbons (Fsp3) is 0.435. The van der Waals surface area contributed by atoms with Crippen LogP contribution in [-0.2, 0) is 11.2 Å². The Kier molecular flexibility index (Phi) is 6.88. The quantitative estimate of drug-likeness (QED) is 0.720. The van der Waals surface area contributed by atoms with Crippen molar-refractivity contribution in [3.8, 4) is 5.75 Å². The van der Waals surface area contributed by atoms with Gasteiger partial charge in [0.15, 0.2) is 0 Å². The van der Waals surface area contributed by atoms with E-state index in [2.05, 4.69) is 41.3 Å². The van der Waals surface area contributed by atoms with Crippen LogP contribution in [0.15, 0.2) is 54.6 Å². The normalized spacial score (nSPS) is 18.3. The Bertz CT molecular complexity index is 714. The Labute approximate surface area is 161 Å². The minimum absolute atomic E-state index is 0.288. The second-order valence-electron chi connectivity index (χ2n) is 7.48. The van der Waals surface area contributed by atoms with Gasteiger partial charge in [0.25, 0.3) is 0 Å². The Hall–Kier alpha value is -2.33. The molecule has 0 radical (unpaired) electrons. The molecule has 0 saturated carbocycles. The van der Waals surface area contributed by atoms with E-state index in [0.29, 0.717) is 19.1 Å². The molecule has 2 aromatic carbocycles. The van der Waals surface area contributed by atoms with E-state index in [4.69, 9.17) is 9.84 Å². The highest BCUT2D eigenvalue weighted by Gasteiger charge is 2.26. The third-order valence-electron chi connectivity index (χ3n) is 5.39. The minimum Gasteiger partial charge on any atom is -0.492 e. The van der Waals surface area contributed by atoms with Gasteiger partial charge in [-0.1, -0.05) is 49.4 Å². The lowest BCUT2D eigenvalue weighted by atomic mass is 10.1. The van der Waals surface area contributed by atoms with Crippen LogP contribution in [0.5, 0.6) is 5.75 Å². The molecule has 1 aliphatic heterocycles. The van der Waals surface area contributed by atoms with E-state index in [-0.39, 0.29) is 5.92 Å². The first-order chi connectivity index (χ1) is 13.1. The van der Waals surface area contributed by atoms with E-state index >= 15 is 0 Å². The van der Waals surface area contributed by atoms with Gasteiger partial charge < -0.3 is 9.84 Å². The van der Waals surface area contributed by atoms with Crippen molar-refractivity contribution < 1.29 is 14.6 Å². The van der Waals surface area contributed by atoms with E-state index in [1.54, 1.807) is 6.92 Å². The van der Waals surface area contributed by atoms with Crippen LogP contribution >= 0.6 is 0 Å². The van der Waals surface area contributed by atoms with Crippen LogP contribution in [0.4, 0.5) is 0 Å². The second-order valence-corrected chi connectivity index (χ2v) is 7.48. The number of aliphatic carboxylic acids is 1. The van der Waals surface area contributed by atoms with Crippen LogP contribution in [-0.4, -0.2) is 41.7 Å². The van der Waals surface area contributed by atoms with Gasteiger partial charge in [-0.25, -0.2) is 0 Å². The molecular weight excluding hydrogens is 338 g/mol. The zero-order valence-electron chi connectivity index (χ0n) is 16.0. The SMILES string of the molecule is CC(CCN1CCCC1COc1ccc(Cc2ccccc2)cc1)C(=O)O. The van der Waals surface area contributed by atoms with E-state index in [9.17, 15) is 4.79 Å². The molecule has 2 unspecified atom stereocenters. The number of hydrogen-bond acceptors (Lipinski definition) is 3. The van der Waals surface area contributed by atoms with Gasteiger partial charge in [-0.2, -0.15) is 0 Å². The first kappa shape index (κ1) is 19.4. The maximum absolute atomic E-state index is 11.0. The molecule has 2 atom stereocenters. The van der Waals surface area contributed by atoms with E-state index < -0.39 is 5.97 Å². The van der Waals surface area contributed by atoms with Gasteiger partial charge in [0.05, 0.1) is 5.92 Å². The number of carboxylic acid groups (broad SMARTS) is 1. The number of carbonyl (C=O) groups is 1. The van der Waals surface area contributed by atoms with Crippen molar-refractivity contribution in [3.05, 3.63) is 65.7 Å².